The molecule has 0 spiro atoms. The third kappa shape index (κ3) is 8.13. The molecule has 37 heavy (non-hydrogen) atoms. The number of aromatic nitrogens is 2. The summed E-state index contributed by atoms with van der Waals surface area (Å²) in [5, 5.41) is 0. The summed E-state index contributed by atoms with van der Waals surface area (Å²) >= 11 is 0. The third-order valence-electron chi connectivity index (χ3n) is 6.04. The lowest BCUT2D eigenvalue weighted by molar-refractivity contribution is 0.00206. The van der Waals surface area contributed by atoms with E-state index in [0.717, 1.165) is 41.1 Å². The summed E-state index contributed by atoms with van der Waals surface area (Å²) in [5.41, 5.74) is 4.70. The predicted molar refractivity (Wildman–Crippen MR) is 148 cm³/mol. The first-order valence-electron chi connectivity index (χ1n) is 12.7. The molecule has 2 aromatic carbocycles. The summed E-state index contributed by atoms with van der Waals surface area (Å²) in [4.78, 5) is 24.3. The summed E-state index contributed by atoms with van der Waals surface area (Å²) < 4.78 is 22.4. The van der Waals surface area contributed by atoms with Crippen molar-refractivity contribution in [2.75, 3.05) is 89.8 Å². The Morgan fingerprint density at radius 3 is 2.00 bits per heavy atom. The number of ether oxygens (including phenoxy) is 4. The van der Waals surface area contributed by atoms with Gasteiger partial charge in [-0.2, -0.15) is 0 Å². The molecule has 3 aromatic rings. The highest BCUT2D eigenvalue weighted by molar-refractivity contribution is 5.80. The number of benzene rings is 2. The molecule has 1 aromatic heterocycles. The Morgan fingerprint density at radius 2 is 1.41 bits per heavy atom. The zero-order valence-corrected chi connectivity index (χ0v) is 21.7. The van der Waals surface area contributed by atoms with Gasteiger partial charge >= 0.3 is 0 Å². The average Bonchev–Trinajstić information content (AvgIpc) is 2.91. The molecule has 1 aliphatic rings. The molecule has 9 heteroatoms. The fourth-order valence-electron chi connectivity index (χ4n) is 3.93. The minimum Gasteiger partial charge on any atom is -0.378 e. The maximum Gasteiger partial charge on any atom is 0.274 e. The fraction of sp³-hybridized carbons (Fsp3) is 0.429. The van der Waals surface area contributed by atoms with E-state index < -0.39 is 0 Å². The molecule has 1 aliphatic heterocycles. The van der Waals surface area contributed by atoms with Gasteiger partial charge in [0.25, 0.3) is 5.56 Å². The van der Waals surface area contributed by atoms with Crippen LogP contribution in [0.5, 0.6) is 0 Å². The van der Waals surface area contributed by atoms with Gasteiger partial charge in [0.2, 0.25) is 0 Å². The molecule has 1 fully saturated rings. The lowest BCUT2D eigenvalue weighted by Gasteiger charge is -2.25. The van der Waals surface area contributed by atoms with E-state index in [1.165, 1.54) is 0 Å². The first kappa shape index (κ1) is 26.8. The van der Waals surface area contributed by atoms with Crippen LogP contribution < -0.4 is 15.4 Å². The van der Waals surface area contributed by atoms with E-state index in [0.29, 0.717) is 58.5 Å². The van der Waals surface area contributed by atoms with Crippen molar-refractivity contribution in [3.63, 3.8) is 0 Å². The Hall–Kier alpha value is -3.24. The van der Waals surface area contributed by atoms with Gasteiger partial charge in [0.15, 0.2) is 0 Å². The standard InChI is InChI=1S/C28H36N4O5/c1-31(2)24-8-10-25-27(21-24)30-28(33)26(29-25)9-5-22-3-6-23(7-4-22)32-11-13-34-15-17-36-19-20-37-18-16-35-14-12-32/h3-10,21H,11-20H2,1-2H3,(H,30,33)/b9-5+. The van der Waals surface area contributed by atoms with Crippen molar-refractivity contribution in [3.05, 3.63) is 64.1 Å². The van der Waals surface area contributed by atoms with Crippen LogP contribution in [0.3, 0.4) is 0 Å². The second-order valence-electron chi connectivity index (χ2n) is 8.91. The Labute approximate surface area is 217 Å². The topological polar surface area (TPSA) is 89.2 Å². The smallest absolute Gasteiger partial charge is 0.274 e. The summed E-state index contributed by atoms with van der Waals surface area (Å²) in [6.07, 6.45) is 3.66. The summed E-state index contributed by atoms with van der Waals surface area (Å²) in [5.74, 6) is 0. The van der Waals surface area contributed by atoms with Crippen LogP contribution in [0.2, 0.25) is 0 Å². The Balaban J connectivity index is 1.41. The normalized spacial score (nSPS) is 17.0. The SMILES string of the molecule is CN(C)c1ccc2nc(/C=C/c3ccc(N4CCOCCOCCOCCOCC4)cc3)c(=O)[nH]c2c1. The van der Waals surface area contributed by atoms with Crippen LogP contribution in [0, 0.1) is 0 Å². The number of hydrogen-bond donors (Lipinski definition) is 1. The van der Waals surface area contributed by atoms with Crippen molar-refractivity contribution in [1.82, 2.24) is 9.97 Å². The molecule has 1 N–H and O–H groups in total. The van der Waals surface area contributed by atoms with Gasteiger partial charge < -0.3 is 33.7 Å². The molecule has 0 radical (unpaired) electrons. The predicted octanol–water partition coefficient (Wildman–Crippen LogP) is 3.05. The molecule has 0 saturated carbocycles. The summed E-state index contributed by atoms with van der Waals surface area (Å²) in [7, 11) is 3.92. The van der Waals surface area contributed by atoms with Crippen molar-refractivity contribution in [3.8, 4) is 0 Å². The minimum atomic E-state index is -0.214. The quantitative estimate of drug-likeness (QED) is 0.575. The van der Waals surface area contributed by atoms with E-state index >= 15 is 0 Å². The number of nitrogens with zero attached hydrogens (tertiary/aromatic N) is 3. The molecule has 2 heterocycles. The summed E-state index contributed by atoms with van der Waals surface area (Å²) in [6, 6.07) is 14.0. The van der Waals surface area contributed by atoms with E-state index in [2.05, 4.69) is 27.0 Å². The van der Waals surface area contributed by atoms with Crippen LogP contribution in [0.4, 0.5) is 11.4 Å². The number of aromatic amines is 1. The number of fused-ring (bicyclic) bond motifs is 1. The van der Waals surface area contributed by atoms with Crippen molar-refractivity contribution < 1.29 is 18.9 Å². The van der Waals surface area contributed by atoms with Crippen LogP contribution in [-0.4, -0.2) is 90.0 Å². The zero-order chi connectivity index (χ0) is 25.9. The number of anilines is 2. The number of rotatable bonds is 4. The van der Waals surface area contributed by atoms with Crippen LogP contribution in [0.1, 0.15) is 11.3 Å². The molecule has 0 aliphatic carbocycles. The van der Waals surface area contributed by atoms with Gasteiger partial charge in [0.1, 0.15) is 5.69 Å². The van der Waals surface area contributed by atoms with Gasteiger partial charge in [-0.3, -0.25) is 4.79 Å². The van der Waals surface area contributed by atoms with Crippen LogP contribution in [0.25, 0.3) is 23.2 Å². The third-order valence-corrected chi connectivity index (χ3v) is 6.04. The maximum atomic E-state index is 12.6. The van der Waals surface area contributed by atoms with Crippen LogP contribution in [-0.2, 0) is 18.9 Å². The minimum absolute atomic E-state index is 0.214. The van der Waals surface area contributed by atoms with E-state index in [4.69, 9.17) is 18.9 Å². The molecule has 0 bridgehead atoms. The van der Waals surface area contributed by atoms with E-state index in [1.807, 2.05) is 55.4 Å². The van der Waals surface area contributed by atoms with E-state index in [9.17, 15) is 4.79 Å². The zero-order valence-electron chi connectivity index (χ0n) is 21.7. The molecule has 0 amide bonds. The second-order valence-corrected chi connectivity index (χ2v) is 8.91. The highest BCUT2D eigenvalue weighted by Crippen LogP contribution is 2.19. The largest absolute Gasteiger partial charge is 0.378 e. The van der Waals surface area contributed by atoms with Crippen LogP contribution >= 0.6 is 0 Å². The maximum absolute atomic E-state index is 12.6. The lowest BCUT2D eigenvalue weighted by Crippen LogP contribution is -2.31. The van der Waals surface area contributed by atoms with E-state index in [-0.39, 0.29) is 5.56 Å². The van der Waals surface area contributed by atoms with Crippen molar-refractivity contribution in [2.24, 2.45) is 0 Å². The van der Waals surface area contributed by atoms with E-state index in [1.54, 1.807) is 6.08 Å². The number of nitrogens with one attached hydrogen (secondary N) is 1. The Bertz CT molecular complexity index is 1190. The lowest BCUT2D eigenvalue weighted by atomic mass is 10.1. The van der Waals surface area contributed by atoms with Gasteiger partial charge in [-0.05, 0) is 42.0 Å². The Morgan fingerprint density at radius 1 is 0.811 bits per heavy atom. The molecule has 0 unspecified atom stereocenters. The number of hydrogen-bond acceptors (Lipinski definition) is 8. The first-order chi connectivity index (χ1) is 18.1. The first-order valence-corrected chi connectivity index (χ1v) is 12.7. The molecular formula is C28H36N4O5. The van der Waals surface area contributed by atoms with Crippen molar-refractivity contribution in [2.45, 2.75) is 0 Å². The van der Waals surface area contributed by atoms with Crippen LogP contribution in [0.15, 0.2) is 47.3 Å². The van der Waals surface area contributed by atoms with Gasteiger partial charge in [-0.25, -0.2) is 4.98 Å². The molecule has 1 saturated heterocycles. The number of H-pyrrole nitrogens is 1. The summed E-state index contributed by atoms with van der Waals surface area (Å²) in [6.45, 7) is 6.10. The monoisotopic (exact) mass is 508 g/mol. The highest BCUT2D eigenvalue weighted by Gasteiger charge is 2.08. The highest BCUT2D eigenvalue weighted by atomic mass is 16.6. The fourth-order valence-corrected chi connectivity index (χ4v) is 3.93. The van der Waals surface area contributed by atoms with Gasteiger partial charge in [0, 0.05) is 38.6 Å². The van der Waals surface area contributed by atoms with Crippen molar-refractivity contribution >= 4 is 34.6 Å². The van der Waals surface area contributed by atoms with Crippen molar-refractivity contribution in [1.29, 1.82) is 0 Å². The second kappa shape index (κ2) is 13.9. The molecule has 4 rings (SSSR count). The molecule has 9 nitrogen and oxygen atoms in total. The average molecular weight is 509 g/mol. The molecule has 0 atom stereocenters. The van der Waals surface area contributed by atoms with Gasteiger partial charge in [0.05, 0.1) is 63.9 Å². The molecular weight excluding hydrogens is 472 g/mol. The molecule has 198 valence electrons. The van der Waals surface area contributed by atoms with Gasteiger partial charge in [-0.15, -0.1) is 0 Å². The van der Waals surface area contributed by atoms with Gasteiger partial charge in [-0.1, -0.05) is 18.2 Å². The Kier molecular flexibility index (Phi) is 10.1.